The number of nitrogens with one attached hydrogen (secondary N) is 13. The Balaban J connectivity index is 0.00000202. The number of imidazole rings is 2. The third-order valence-electron chi connectivity index (χ3n) is 22.2. The molecule has 51 nitrogen and oxygen atoms in total. The molecule has 1 fully saturated rings. The Morgan fingerprint density at radius 3 is 1.16 bits per heavy atom. The number of halogens is 6. The van der Waals surface area contributed by atoms with E-state index in [-0.39, 0.29) is 144 Å². The maximum Gasteiger partial charge on any atom is 0.490 e. The lowest BCUT2D eigenvalue weighted by atomic mass is 10.1. The van der Waals surface area contributed by atoms with Crippen molar-refractivity contribution in [2.75, 3.05) is 136 Å². The van der Waals surface area contributed by atoms with Gasteiger partial charge in [0.1, 0.15) is 47.1 Å². The number of alkyl halides is 6. The van der Waals surface area contributed by atoms with Gasteiger partial charge in [-0.2, -0.15) is 44.2 Å². The molecule has 1 saturated heterocycles. The minimum Gasteiger partial charge on any atom is -0.480 e. The van der Waals surface area contributed by atoms with Crippen molar-refractivity contribution in [1.82, 2.24) is 95.3 Å². The van der Waals surface area contributed by atoms with Gasteiger partial charge in [-0.15, -0.1) is 0 Å². The molecule has 1 aliphatic heterocycles. The number of pyridine rings is 2. The standard InChI is InChI=1S/C84H113N21O24S3.2C2HF3O2.2CH4O/c1-8-62(78(116)85-17-9-23-104-43-60(72(112)58-13-11-56(37-67(58)104)39-93-83-87-19-20-88-83)76(114)91-41-64(81(119)120)98-131(126,127)74-52(4)33-50(2)34-53(74)5)95-69(108)16-15-63(96-70(109)45-100-25-26-101(46-71(110)111)28-30-103(49-107)32-31-102(48-106)29-27-100)80(118)97-66(47-130(123,124)125)79(117)86-18-10-24-105-44-61(73(113)59-14-12-57(38-68(59)105)40-94-84-89-21-22-90-84)77(115)92-42-65(82(121)122)99-132(128,129)75-54(6)35-51(3)36-55(75)7;2*3-2(4,5)1(6)7;2*1-2/h11-14,19-22,33-38,43-44,62-66,98-99,106-107H,8-10,15-18,23-32,39-42,45-49H2,1-7H3,(H,85,116)(H,86,117)(H,91,114)(H,92,115)(H,95,108)(H,96,109)(H,97,118)(H,110,111)(H,119,120)(H,121,122)(H2,87,88,93)(H2,89,90,94)(H,123,124,125);2*(H,6,7);2*2H,1H3/t62-,63-,64?,65?,66-;;;;/m0..../s1. The summed E-state index contributed by atoms with van der Waals surface area (Å²) >= 11 is 0. The number of rotatable bonds is 46. The average Bonchev–Trinajstić information content (AvgIpc) is 0.820. The number of carboxylic acids is 5. The molecule has 0 radical (unpaired) electrons. The SMILES string of the molecule is CC[C@H](NC(=O)CC[C@H](NC(=O)CN1CCN(CO)CCN(CO)CCN(CC(=O)O)CC1)C(=O)N[C@@H](CS(=O)(=O)O)C(=O)NCCCn1cc(C(=O)NCC(NS(=O)(=O)c2c(C)cc(C)cc2C)C(=O)O)c(=O)c2ccc(CNc3ncc[nH]3)cc21)C(=O)NCCCn1cc(C(=O)NCC(NS(=O)(=O)c2c(C)cc(C)cc2C)C(=O)O)c(=O)c2ccc(CNc3ncc[nH]3)cc21.CO.CO.O=C(O)C(F)(F)F.O=C(O)C(F)(F)F. The molecule has 0 aliphatic carbocycles. The molecule has 9 rings (SSSR count). The molecular formula is C90H123F6N21O30S3. The van der Waals surface area contributed by atoms with Gasteiger partial charge in [0.25, 0.3) is 21.9 Å². The summed E-state index contributed by atoms with van der Waals surface area (Å²) in [6.07, 6.45) is -2.85. The summed E-state index contributed by atoms with van der Waals surface area (Å²) < 4.78 is 161. The van der Waals surface area contributed by atoms with Crippen LogP contribution in [0.2, 0.25) is 0 Å². The van der Waals surface area contributed by atoms with Gasteiger partial charge in [-0.1, -0.05) is 54.4 Å². The van der Waals surface area contributed by atoms with E-state index in [4.69, 9.17) is 30.0 Å². The van der Waals surface area contributed by atoms with Crippen molar-refractivity contribution < 1.29 is 160 Å². The normalized spacial score (nSPS) is 14.1. The van der Waals surface area contributed by atoms with Gasteiger partial charge in [-0.05, 0) is 125 Å². The molecule has 7 amide bonds. The Morgan fingerprint density at radius 2 is 0.827 bits per heavy atom. The first-order chi connectivity index (χ1) is 70.4. The number of hydrogen-bond acceptors (Lipinski definition) is 32. The van der Waals surface area contributed by atoms with Gasteiger partial charge in [0.2, 0.25) is 60.4 Å². The zero-order chi connectivity index (χ0) is 113. The topological polar surface area (TPSA) is 756 Å². The first-order valence-electron chi connectivity index (χ1n) is 45.7. The fourth-order valence-corrected chi connectivity index (χ4v) is 19.2. The average molecular weight is 2190 g/mol. The quantitative estimate of drug-likeness (QED) is 0.0125. The van der Waals surface area contributed by atoms with Crippen LogP contribution in [0.1, 0.15) is 104 Å². The lowest BCUT2D eigenvalue weighted by Crippen LogP contribution is -2.57. The second kappa shape index (κ2) is 59.4. The number of aliphatic hydroxyl groups excluding tert-OH is 4. The van der Waals surface area contributed by atoms with Gasteiger partial charge in [0.15, 0.2) is 11.9 Å². The fraction of sp³-hybridized carbons (Fsp3) is 0.467. The molecule has 150 heavy (non-hydrogen) atoms. The van der Waals surface area contributed by atoms with E-state index < -0.39 is 217 Å². The maximum absolute atomic E-state index is 14.8. The Morgan fingerprint density at radius 1 is 0.467 bits per heavy atom. The van der Waals surface area contributed by atoms with Gasteiger partial charge in [0, 0.05) is 173 Å². The van der Waals surface area contributed by atoms with E-state index in [2.05, 4.69) is 77.2 Å². The van der Waals surface area contributed by atoms with Crippen molar-refractivity contribution >= 4 is 135 Å². The molecule has 5 heterocycles. The van der Waals surface area contributed by atoms with E-state index >= 15 is 0 Å². The van der Waals surface area contributed by atoms with Gasteiger partial charge < -0.3 is 113 Å². The summed E-state index contributed by atoms with van der Waals surface area (Å²) in [5.74, 6) is -17.7. The third kappa shape index (κ3) is 40.4. The Labute approximate surface area is 854 Å². The molecule has 0 saturated carbocycles. The number of aliphatic hydroxyl groups is 4. The summed E-state index contributed by atoms with van der Waals surface area (Å²) in [5, 5.41) is 103. The van der Waals surface area contributed by atoms with Gasteiger partial charge in [-0.3, -0.25) is 81.7 Å². The molecule has 828 valence electrons. The zero-order valence-electron chi connectivity index (χ0n) is 82.7. The van der Waals surface area contributed by atoms with Crippen LogP contribution in [0, 0.1) is 41.5 Å². The smallest absolute Gasteiger partial charge is 0.480 e. The lowest BCUT2D eigenvalue weighted by molar-refractivity contribution is -0.193. The van der Waals surface area contributed by atoms with Crippen molar-refractivity contribution in [2.45, 2.75) is 159 Å². The predicted octanol–water partition coefficient (Wildman–Crippen LogP) is -0.905. The van der Waals surface area contributed by atoms with E-state index in [1.165, 1.54) is 49.1 Å². The number of fused-ring (bicyclic) bond motifs is 2. The number of aryl methyl sites for hydroxylation is 8. The number of aromatic nitrogens is 6. The van der Waals surface area contributed by atoms with Crippen LogP contribution in [0.15, 0.2) is 117 Å². The van der Waals surface area contributed by atoms with Crippen LogP contribution in [0.5, 0.6) is 0 Å². The highest BCUT2D eigenvalue weighted by molar-refractivity contribution is 7.90. The summed E-state index contributed by atoms with van der Waals surface area (Å²) in [6.45, 7) is 8.79. The second-order valence-corrected chi connectivity index (χ2v) is 38.5. The largest absolute Gasteiger partial charge is 0.490 e. The van der Waals surface area contributed by atoms with Crippen LogP contribution in [0.25, 0.3) is 21.8 Å². The van der Waals surface area contributed by atoms with Crippen LogP contribution in [-0.2, 0) is 104 Å². The van der Waals surface area contributed by atoms with E-state index in [0.717, 1.165) is 31.5 Å². The minimum atomic E-state index is -5.18. The monoisotopic (exact) mass is 2190 g/mol. The number of amides is 7. The van der Waals surface area contributed by atoms with E-state index in [1.54, 1.807) is 120 Å². The van der Waals surface area contributed by atoms with Gasteiger partial charge in [0.05, 0.1) is 47.4 Å². The first-order valence-corrected chi connectivity index (χ1v) is 50.2. The van der Waals surface area contributed by atoms with Crippen molar-refractivity contribution in [3.05, 3.63) is 174 Å². The third-order valence-corrected chi connectivity index (χ3v) is 26.5. The van der Waals surface area contributed by atoms with Crippen molar-refractivity contribution in [2.24, 2.45) is 0 Å². The van der Waals surface area contributed by atoms with Crippen molar-refractivity contribution in [1.29, 1.82) is 0 Å². The first kappa shape index (κ1) is 126. The van der Waals surface area contributed by atoms with Crippen LogP contribution >= 0.6 is 0 Å². The number of nitrogens with zero attached hydrogens (tertiary/aromatic N) is 8. The molecule has 0 bridgehead atoms. The fourth-order valence-electron chi connectivity index (χ4n) is 15.3. The van der Waals surface area contributed by atoms with Crippen LogP contribution in [0.3, 0.4) is 0 Å². The molecular weight excluding hydrogens is 2070 g/mol. The molecule has 4 aromatic carbocycles. The number of aliphatic carboxylic acids is 5. The number of sulfonamides is 2. The molecule has 4 aromatic heterocycles. The number of carbonyl (C=O) groups is 12. The predicted molar refractivity (Wildman–Crippen MR) is 526 cm³/mol. The number of carboxylic acid groups (broad SMARTS) is 5. The second-order valence-electron chi connectivity index (χ2n) is 33.7. The Hall–Kier alpha value is -14.1. The molecule has 60 heteroatoms. The van der Waals surface area contributed by atoms with Crippen LogP contribution < -0.4 is 68.2 Å². The number of carbonyl (C=O) groups excluding carboxylic acids is 7. The summed E-state index contributed by atoms with van der Waals surface area (Å²) in [6, 6.07) is 6.80. The Kier molecular flexibility index (Phi) is 50.0. The van der Waals surface area contributed by atoms with E-state index in [0.29, 0.717) is 50.8 Å². The molecule has 23 N–H and O–H groups in total. The molecule has 5 atom stereocenters. The summed E-state index contributed by atoms with van der Waals surface area (Å²) in [4.78, 5) is 204. The number of H-pyrrole nitrogens is 2. The maximum atomic E-state index is 14.8. The number of benzene rings is 4. The zero-order valence-corrected chi connectivity index (χ0v) is 85.2. The van der Waals surface area contributed by atoms with E-state index in [1.807, 2.05) is 0 Å². The van der Waals surface area contributed by atoms with Crippen LogP contribution in [0.4, 0.5) is 38.2 Å². The minimum absolute atomic E-state index is 0.00173. The highest BCUT2D eigenvalue weighted by atomic mass is 32.2. The molecule has 2 unspecified atom stereocenters. The summed E-state index contributed by atoms with van der Waals surface area (Å²) in [7, 11) is -12.2. The van der Waals surface area contributed by atoms with Gasteiger partial charge in [-0.25, -0.2) is 36.4 Å². The molecule has 8 aromatic rings. The van der Waals surface area contributed by atoms with Gasteiger partial charge >= 0.3 is 42.2 Å². The highest BCUT2D eigenvalue weighted by Crippen LogP contribution is 2.26. The number of anilines is 2. The van der Waals surface area contributed by atoms with Crippen molar-refractivity contribution in [3.63, 3.8) is 0 Å². The summed E-state index contributed by atoms with van der Waals surface area (Å²) in [5.41, 5.74) is 2.15. The van der Waals surface area contributed by atoms with Crippen molar-refractivity contribution in [3.8, 4) is 0 Å². The molecule has 0 spiro atoms. The Bertz CT molecular complexity index is 6440. The number of hydrogen-bond donors (Lipinski definition) is 23. The molecule has 1 aliphatic rings. The van der Waals surface area contributed by atoms with Crippen LogP contribution in [-0.4, -0.2) is 363 Å². The van der Waals surface area contributed by atoms with E-state index in [9.17, 15) is 139 Å². The highest BCUT2D eigenvalue weighted by Gasteiger charge is 2.40. The number of aromatic amines is 2. The lowest BCUT2D eigenvalue weighted by Gasteiger charge is -2.32.